The van der Waals surface area contributed by atoms with Crippen molar-refractivity contribution >= 4 is 76.6 Å². The quantitative estimate of drug-likeness (QED) is 0.0293. The van der Waals surface area contributed by atoms with Gasteiger partial charge in [-0.15, -0.1) is 9.66 Å². The summed E-state index contributed by atoms with van der Waals surface area (Å²) in [6.45, 7) is 23.8. The van der Waals surface area contributed by atoms with E-state index < -0.39 is 90.6 Å². The van der Waals surface area contributed by atoms with Gasteiger partial charge in [-0.25, -0.2) is 16.8 Å². The number of rotatable bonds is 22. The van der Waals surface area contributed by atoms with Crippen molar-refractivity contribution in [1.82, 2.24) is 31.1 Å². The van der Waals surface area contributed by atoms with E-state index in [1.54, 1.807) is 84.9 Å². The molecule has 2 atom stereocenters. The average molecular weight is 1550 g/mol. The number of fused-ring (bicyclic) bond motifs is 10. The Morgan fingerprint density at radius 1 is 0.384 bits per heavy atom. The van der Waals surface area contributed by atoms with Crippen LogP contribution in [0.1, 0.15) is 161 Å². The lowest BCUT2D eigenvalue weighted by molar-refractivity contribution is -0.130. The second-order valence-corrected chi connectivity index (χ2v) is 37.0. The first kappa shape index (κ1) is 82.2. The molecule has 112 heavy (non-hydrogen) atoms. The molecule has 20 nitrogen and oxygen atoms in total. The van der Waals surface area contributed by atoms with E-state index in [9.17, 15) is 46.2 Å². The zero-order valence-electron chi connectivity index (χ0n) is 66.8. The molecule has 1 aliphatic carbocycles. The number of hydrazine groups is 2. The fourth-order valence-corrected chi connectivity index (χ4v) is 16.3. The lowest BCUT2D eigenvalue weighted by Gasteiger charge is -2.28. The summed E-state index contributed by atoms with van der Waals surface area (Å²) >= 11 is 0. The SMILES string of the molecule is CN(C)c1cccc2c(S(=O)(=O)NNC(=O)C(Cc3ccccc3)NC(=O)COc3c4cc(C(C)(C)C)cc3Cc3cc(C(C)(C)C)cc(c3O)Cc3cc(C(C)(C)C)cc(c3OCC(=O)NC(Cc3ccccc3)C(=O)NNS(=O)(=O)c3cccc5c(N(C)C)cccc35)Cc3cc(C(C)(C)C)cc(c3O)C4)cccc12. The van der Waals surface area contributed by atoms with Crippen LogP contribution in [0.3, 0.4) is 0 Å². The average Bonchev–Trinajstić information content (AvgIpc) is 0.780. The van der Waals surface area contributed by atoms with Crippen LogP contribution >= 0.6 is 0 Å². The number of sulfonamides is 2. The van der Waals surface area contributed by atoms with Gasteiger partial charge in [0.2, 0.25) is 0 Å². The Morgan fingerprint density at radius 3 is 0.946 bits per heavy atom. The molecule has 4 amide bonds. The molecule has 0 aromatic heterocycles. The molecule has 8 N–H and O–H groups in total. The van der Waals surface area contributed by atoms with Crippen molar-refractivity contribution in [3.8, 4) is 23.0 Å². The number of carbonyl (C=O) groups excluding carboxylic acids is 4. The third kappa shape index (κ3) is 19.2. The predicted molar refractivity (Wildman–Crippen MR) is 444 cm³/mol. The highest BCUT2D eigenvalue weighted by molar-refractivity contribution is 7.90. The van der Waals surface area contributed by atoms with Crippen molar-refractivity contribution in [1.29, 1.82) is 0 Å². The fourth-order valence-electron chi connectivity index (χ4n) is 14.2. The molecule has 588 valence electrons. The molecule has 8 bridgehead atoms. The maximum atomic E-state index is 14.8. The molecule has 0 spiro atoms. The Bertz CT molecular complexity index is 5030. The number of nitrogens with one attached hydrogen (secondary N) is 6. The summed E-state index contributed by atoms with van der Waals surface area (Å²) in [7, 11) is -1.33. The van der Waals surface area contributed by atoms with Gasteiger partial charge in [0.1, 0.15) is 35.1 Å². The van der Waals surface area contributed by atoms with Crippen LogP contribution in [0.15, 0.2) is 192 Å². The summed E-state index contributed by atoms with van der Waals surface area (Å²) in [5.74, 6) is -2.52. The summed E-state index contributed by atoms with van der Waals surface area (Å²) in [6, 6.07) is 51.9. The summed E-state index contributed by atoms with van der Waals surface area (Å²) in [5, 5.41) is 34.3. The monoisotopic (exact) mass is 1550 g/mol. The van der Waals surface area contributed by atoms with Gasteiger partial charge in [-0.2, -0.15) is 0 Å². The molecule has 0 aliphatic heterocycles. The van der Waals surface area contributed by atoms with Crippen molar-refractivity contribution in [2.24, 2.45) is 0 Å². The second kappa shape index (κ2) is 32.9. The van der Waals surface area contributed by atoms with E-state index >= 15 is 0 Å². The number of ether oxygens (including phenoxy) is 2. The standard InChI is InChI=1S/C90H104N8O12S2/c1-87(2,3)65-45-57-41-61-49-67(89(7,8)9)51-63(83(61)109-53-79(99)91-73(39-55-27-19-17-20-28-55)85(103)93-95-111(105,106)77-37-25-31-69-71(77)33-23-35-75(69)97(13)14)43-59-47-66(88(4,5)6)48-60(82(59)102)44-64-52-68(90(10,11)12)50-62(42-58(46-65)81(57)101)84(64)110-54-80(100)92-74(40-56-29-21-18-22-30-56)86(104)94-96-112(107,108)78-38-26-32-70-72(78)34-24-36-76(70)98(15)16/h17-38,45-52,73-74,95-96,101-102H,39-44,53-54H2,1-16H3,(H,91,99)(H,92,100)(H,93,103)(H,94,104). The van der Waals surface area contributed by atoms with Crippen LogP contribution in [-0.2, 0) is 99.4 Å². The molecule has 0 fully saturated rings. The van der Waals surface area contributed by atoms with Crippen molar-refractivity contribution in [2.45, 2.75) is 165 Å². The highest BCUT2D eigenvalue weighted by atomic mass is 32.2. The predicted octanol–water partition coefficient (Wildman–Crippen LogP) is 13.6. The van der Waals surface area contributed by atoms with Gasteiger partial charge in [0, 0.05) is 99.6 Å². The maximum absolute atomic E-state index is 14.8. The van der Waals surface area contributed by atoms with E-state index in [1.165, 1.54) is 12.1 Å². The van der Waals surface area contributed by atoms with E-state index in [4.69, 9.17) is 9.47 Å². The number of nitrogens with zero attached hydrogens (tertiary/aromatic N) is 2. The minimum atomic E-state index is -4.39. The number of phenols is 2. The number of carbonyl (C=O) groups is 4. The molecule has 0 radical (unpaired) electrons. The first-order valence-corrected chi connectivity index (χ1v) is 40.6. The number of aromatic hydroxyl groups is 2. The minimum Gasteiger partial charge on any atom is -0.507 e. The number of hydrogen-bond donors (Lipinski definition) is 8. The van der Waals surface area contributed by atoms with Gasteiger partial charge < -0.3 is 40.1 Å². The largest absolute Gasteiger partial charge is 0.507 e. The fraction of sp³-hybridized carbons (Fsp3) is 0.333. The number of benzene rings is 10. The van der Waals surface area contributed by atoms with Gasteiger partial charge >= 0.3 is 0 Å². The van der Waals surface area contributed by atoms with E-state index in [0.717, 1.165) is 33.6 Å². The smallest absolute Gasteiger partial charge is 0.258 e. The van der Waals surface area contributed by atoms with Gasteiger partial charge in [0.25, 0.3) is 43.7 Å². The van der Waals surface area contributed by atoms with Gasteiger partial charge in [-0.05, 0) is 124 Å². The number of phenolic OH excluding ortho intramolecular Hbond substituents is 2. The molecule has 10 aromatic carbocycles. The molecule has 1 aliphatic rings. The zero-order valence-corrected chi connectivity index (χ0v) is 68.5. The summed E-state index contributed by atoms with van der Waals surface area (Å²) in [4.78, 5) is 66.9. The van der Waals surface area contributed by atoms with Crippen LogP contribution in [0.25, 0.3) is 21.5 Å². The van der Waals surface area contributed by atoms with E-state index in [2.05, 4.69) is 114 Å². The van der Waals surface area contributed by atoms with Gasteiger partial charge in [-0.1, -0.05) is 241 Å². The van der Waals surface area contributed by atoms with E-state index in [-0.39, 0.29) is 59.8 Å². The normalized spacial score (nSPS) is 13.4. The molecule has 11 rings (SSSR count). The molecule has 2 unspecified atom stereocenters. The third-order valence-electron chi connectivity index (χ3n) is 20.5. The van der Waals surface area contributed by atoms with Crippen LogP contribution in [0, 0.1) is 0 Å². The topological polar surface area (TPSA) is 274 Å². The van der Waals surface area contributed by atoms with Crippen LogP contribution in [0.4, 0.5) is 11.4 Å². The maximum Gasteiger partial charge on any atom is 0.258 e. The Kier molecular flexibility index (Phi) is 24.1. The lowest BCUT2D eigenvalue weighted by Crippen LogP contribution is -2.53. The molecule has 0 heterocycles. The van der Waals surface area contributed by atoms with Crippen molar-refractivity contribution in [3.63, 3.8) is 0 Å². The molecular weight excluding hydrogens is 1450 g/mol. The Morgan fingerprint density at radius 2 is 0.661 bits per heavy atom. The molecule has 0 saturated heterocycles. The number of anilines is 2. The van der Waals surface area contributed by atoms with Crippen molar-refractivity contribution < 1.29 is 55.7 Å². The zero-order chi connectivity index (χ0) is 81.2. The second-order valence-electron chi connectivity index (χ2n) is 33.7. The Balaban J connectivity index is 0.962. The summed E-state index contributed by atoms with van der Waals surface area (Å²) < 4.78 is 70.5. The molecule has 0 saturated carbocycles. The first-order chi connectivity index (χ1) is 52.6. The summed E-state index contributed by atoms with van der Waals surface area (Å²) in [5.41, 5.74) is 13.9. The van der Waals surface area contributed by atoms with Gasteiger partial charge in [-0.3, -0.25) is 30.0 Å². The molecule has 22 heteroatoms. The Labute approximate surface area is 658 Å². The summed E-state index contributed by atoms with van der Waals surface area (Å²) in [6.07, 6.45) is 0.213. The van der Waals surface area contributed by atoms with Gasteiger partial charge in [0.05, 0.1) is 9.79 Å². The third-order valence-corrected chi connectivity index (χ3v) is 23.1. The molecular formula is C90H104N8O12S2. The van der Waals surface area contributed by atoms with Crippen molar-refractivity contribution in [2.75, 3.05) is 51.2 Å². The van der Waals surface area contributed by atoms with Crippen molar-refractivity contribution in [3.05, 3.63) is 260 Å². The van der Waals surface area contributed by atoms with E-state index in [1.807, 2.05) is 123 Å². The number of hydrogen-bond acceptors (Lipinski definition) is 14. The highest BCUT2D eigenvalue weighted by Gasteiger charge is 2.33. The number of amides is 4. The first-order valence-electron chi connectivity index (χ1n) is 37.6. The van der Waals surface area contributed by atoms with Gasteiger partial charge in [0.15, 0.2) is 13.2 Å². The van der Waals surface area contributed by atoms with Crippen LogP contribution in [0.2, 0.25) is 0 Å². The lowest BCUT2D eigenvalue weighted by atomic mass is 9.79. The van der Waals surface area contributed by atoms with E-state index in [0.29, 0.717) is 88.7 Å². The van der Waals surface area contributed by atoms with Crippen LogP contribution in [-0.4, -0.2) is 104 Å². The minimum absolute atomic E-state index is 0.0242. The van der Waals surface area contributed by atoms with Crippen LogP contribution < -0.4 is 50.4 Å². The van der Waals surface area contributed by atoms with Crippen LogP contribution in [0.5, 0.6) is 23.0 Å². The highest BCUT2D eigenvalue weighted by Crippen LogP contribution is 2.45. The Hall–Kier alpha value is -10.8. The molecule has 10 aromatic rings.